The lowest BCUT2D eigenvalue weighted by molar-refractivity contribution is 0.579. The molecule has 3 N–H and O–H groups in total. The van der Waals surface area contributed by atoms with Crippen LogP contribution in [-0.4, -0.2) is 15.0 Å². The molecule has 1 aliphatic heterocycles. The fraction of sp³-hybridized carbons (Fsp3) is 0.400. The molecule has 1 heterocycles. The van der Waals surface area contributed by atoms with Gasteiger partial charge in [0.25, 0.3) is 0 Å². The molecule has 1 aromatic rings. The largest absolute Gasteiger partial charge is 0.310 e. The molecule has 1 atom stereocenters. The smallest absolute Gasteiger partial charge is 0.238 e. The Morgan fingerprint density at radius 3 is 2.75 bits per heavy atom. The van der Waals surface area contributed by atoms with Crippen molar-refractivity contribution >= 4 is 10.0 Å². The van der Waals surface area contributed by atoms with Crippen LogP contribution in [0.2, 0.25) is 0 Å². The summed E-state index contributed by atoms with van der Waals surface area (Å²) in [4.78, 5) is 0.00769. The van der Waals surface area contributed by atoms with Gasteiger partial charge in [0.15, 0.2) is 0 Å². The first-order valence-corrected chi connectivity index (χ1v) is 6.59. The zero-order chi connectivity index (χ0) is 11.8. The highest BCUT2D eigenvalue weighted by Gasteiger charge is 2.23. The molecule has 0 amide bonds. The van der Waals surface area contributed by atoms with Crippen molar-refractivity contribution < 1.29 is 12.8 Å². The minimum Gasteiger partial charge on any atom is -0.310 e. The summed E-state index contributed by atoms with van der Waals surface area (Å²) in [6, 6.07) is 3.45. The Kier molecular flexibility index (Phi) is 2.96. The third kappa shape index (κ3) is 2.23. The standard InChI is InChI=1S/C10H13FN2O2S/c11-7-3-4-10(16(12,14)15)8(6-7)9-2-1-5-13-9/h3-4,6,9,13H,1-2,5H2,(H2,12,14,15)/t9-/m1/s1. The van der Waals surface area contributed by atoms with Crippen molar-refractivity contribution in [1.29, 1.82) is 0 Å². The Morgan fingerprint density at radius 2 is 2.19 bits per heavy atom. The fourth-order valence-corrected chi connectivity index (χ4v) is 2.79. The number of halogens is 1. The van der Waals surface area contributed by atoms with E-state index in [0.717, 1.165) is 25.5 Å². The van der Waals surface area contributed by atoms with Gasteiger partial charge in [-0.05, 0) is 43.1 Å². The molecule has 0 aliphatic carbocycles. The Morgan fingerprint density at radius 1 is 1.44 bits per heavy atom. The van der Waals surface area contributed by atoms with Gasteiger partial charge in [0, 0.05) is 6.04 Å². The van der Waals surface area contributed by atoms with E-state index in [9.17, 15) is 12.8 Å². The summed E-state index contributed by atoms with van der Waals surface area (Å²) in [5.41, 5.74) is 0.431. The normalized spacial score (nSPS) is 21.2. The molecule has 1 aromatic carbocycles. The Labute approximate surface area is 93.7 Å². The number of rotatable bonds is 2. The maximum atomic E-state index is 13.1. The van der Waals surface area contributed by atoms with Crippen LogP contribution in [0.4, 0.5) is 4.39 Å². The lowest BCUT2D eigenvalue weighted by atomic mass is 10.1. The first-order chi connectivity index (χ1) is 7.48. The Bertz CT molecular complexity index is 496. The number of benzene rings is 1. The van der Waals surface area contributed by atoms with Gasteiger partial charge in [-0.15, -0.1) is 0 Å². The monoisotopic (exact) mass is 244 g/mol. The summed E-state index contributed by atoms with van der Waals surface area (Å²) in [6.07, 6.45) is 1.75. The number of nitrogens with two attached hydrogens (primary N) is 1. The summed E-state index contributed by atoms with van der Waals surface area (Å²) in [5, 5.41) is 8.22. The van der Waals surface area contributed by atoms with Gasteiger partial charge in [-0.1, -0.05) is 0 Å². The molecule has 6 heteroatoms. The van der Waals surface area contributed by atoms with E-state index < -0.39 is 15.8 Å². The van der Waals surface area contributed by atoms with Crippen LogP contribution < -0.4 is 10.5 Å². The van der Waals surface area contributed by atoms with E-state index in [-0.39, 0.29) is 10.9 Å². The van der Waals surface area contributed by atoms with Crippen molar-refractivity contribution in [3.05, 3.63) is 29.6 Å². The van der Waals surface area contributed by atoms with Gasteiger partial charge in [-0.25, -0.2) is 17.9 Å². The molecule has 0 saturated carbocycles. The molecule has 0 unspecified atom stereocenters. The molecular formula is C10H13FN2O2S. The van der Waals surface area contributed by atoms with Crippen LogP contribution in [-0.2, 0) is 10.0 Å². The summed E-state index contributed by atoms with van der Waals surface area (Å²) in [7, 11) is -3.79. The number of primary sulfonamides is 1. The molecule has 1 aliphatic rings. The van der Waals surface area contributed by atoms with E-state index in [2.05, 4.69) is 5.32 Å². The zero-order valence-corrected chi connectivity index (χ0v) is 9.43. The van der Waals surface area contributed by atoms with Crippen molar-refractivity contribution in [3.8, 4) is 0 Å². The highest BCUT2D eigenvalue weighted by Crippen LogP contribution is 2.28. The van der Waals surface area contributed by atoms with Crippen LogP contribution in [0.5, 0.6) is 0 Å². The Hall–Kier alpha value is -0.980. The minimum atomic E-state index is -3.79. The van der Waals surface area contributed by atoms with Crippen molar-refractivity contribution in [2.24, 2.45) is 5.14 Å². The highest BCUT2D eigenvalue weighted by molar-refractivity contribution is 7.89. The molecule has 1 fully saturated rings. The van der Waals surface area contributed by atoms with Gasteiger partial charge in [0.05, 0.1) is 4.90 Å². The quantitative estimate of drug-likeness (QED) is 0.811. The van der Waals surface area contributed by atoms with Crippen molar-refractivity contribution in [3.63, 3.8) is 0 Å². The van der Waals surface area contributed by atoms with Gasteiger partial charge in [-0.2, -0.15) is 0 Å². The van der Waals surface area contributed by atoms with Gasteiger partial charge in [-0.3, -0.25) is 0 Å². The topological polar surface area (TPSA) is 72.2 Å². The van der Waals surface area contributed by atoms with E-state index in [4.69, 9.17) is 5.14 Å². The number of hydrogen-bond acceptors (Lipinski definition) is 3. The molecule has 0 bridgehead atoms. The highest BCUT2D eigenvalue weighted by atomic mass is 32.2. The van der Waals surface area contributed by atoms with E-state index in [1.165, 1.54) is 12.1 Å². The lowest BCUT2D eigenvalue weighted by Gasteiger charge is -2.14. The average molecular weight is 244 g/mol. The van der Waals surface area contributed by atoms with Crippen molar-refractivity contribution in [1.82, 2.24) is 5.32 Å². The van der Waals surface area contributed by atoms with Gasteiger partial charge in [0.2, 0.25) is 10.0 Å². The van der Waals surface area contributed by atoms with Gasteiger partial charge in [0.1, 0.15) is 5.82 Å². The van der Waals surface area contributed by atoms with E-state index in [1.807, 2.05) is 0 Å². The molecule has 0 radical (unpaired) electrons. The molecule has 0 aromatic heterocycles. The van der Waals surface area contributed by atoms with Gasteiger partial charge < -0.3 is 5.32 Å². The third-order valence-corrected chi connectivity index (χ3v) is 3.70. The van der Waals surface area contributed by atoms with E-state index in [1.54, 1.807) is 0 Å². The van der Waals surface area contributed by atoms with Crippen molar-refractivity contribution in [2.75, 3.05) is 6.54 Å². The zero-order valence-electron chi connectivity index (χ0n) is 8.61. The first kappa shape index (κ1) is 11.5. The molecule has 4 nitrogen and oxygen atoms in total. The first-order valence-electron chi connectivity index (χ1n) is 5.04. The van der Waals surface area contributed by atoms with Crippen LogP contribution >= 0.6 is 0 Å². The van der Waals surface area contributed by atoms with Crippen molar-refractivity contribution in [2.45, 2.75) is 23.8 Å². The molecule has 1 saturated heterocycles. The van der Waals surface area contributed by atoms with Crippen LogP contribution in [0, 0.1) is 5.82 Å². The average Bonchev–Trinajstić information content (AvgIpc) is 2.68. The molecule has 88 valence electrons. The minimum absolute atomic E-state index is 0.00769. The second kappa shape index (κ2) is 4.12. The maximum Gasteiger partial charge on any atom is 0.238 e. The van der Waals surface area contributed by atoms with Gasteiger partial charge >= 0.3 is 0 Å². The summed E-state index contributed by atoms with van der Waals surface area (Å²) >= 11 is 0. The second-order valence-electron chi connectivity index (χ2n) is 3.88. The second-order valence-corrected chi connectivity index (χ2v) is 5.41. The summed E-state index contributed by atoms with van der Waals surface area (Å²) < 4.78 is 35.8. The predicted molar refractivity (Wildman–Crippen MR) is 57.8 cm³/mol. The molecule has 0 spiro atoms. The fourth-order valence-electron chi connectivity index (χ4n) is 2.00. The Balaban J connectivity index is 2.52. The van der Waals surface area contributed by atoms with Crippen LogP contribution in [0.1, 0.15) is 24.4 Å². The van der Waals surface area contributed by atoms with Crippen LogP contribution in [0.3, 0.4) is 0 Å². The maximum absolute atomic E-state index is 13.1. The van der Waals surface area contributed by atoms with E-state index in [0.29, 0.717) is 5.56 Å². The number of nitrogens with one attached hydrogen (secondary N) is 1. The molecule has 16 heavy (non-hydrogen) atoms. The SMILES string of the molecule is NS(=O)(=O)c1ccc(F)cc1[C@H]1CCCN1. The molecule has 2 rings (SSSR count). The summed E-state index contributed by atoms with van der Waals surface area (Å²) in [5.74, 6) is -0.448. The van der Waals surface area contributed by atoms with Crippen LogP contribution in [0.15, 0.2) is 23.1 Å². The number of hydrogen-bond donors (Lipinski definition) is 2. The third-order valence-electron chi connectivity index (χ3n) is 2.71. The predicted octanol–water partition coefficient (Wildman–Crippen LogP) is 0.898. The van der Waals surface area contributed by atoms with Crippen LogP contribution in [0.25, 0.3) is 0 Å². The lowest BCUT2D eigenvalue weighted by Crippen LogP contribution is -2.20. The van der Waals surface area contributed by atoms with E-state index >= 15 is 0 Å². The summed E-state index contributed by atoms with van der Waals surface area (Å²) in [6.45, 7) is 0.811. The number of sulfonamides is 1. The molecular weight excluding hydrogens is 231 g/mol.